The maximum absolute atomic E-state index is 12.6. The van der Waals surface area contributed by atoms with Crippen LogP contribution in [0, 0.1) is 27.7 Å². The third kappa shape index (κ3) is 34.5. The monoisotopic (exact) mass is 1990 g/mol. The maximum Gasteiger partial charge on any atom is 0.305 e. The zero-order valence-electron chi connectivity index (χ0n) is 82.3. The van der Waals surface area contributed by atoms with Crippen molar-refractivity contribution in [1.29, 1.82) is 0 Å². The fourth-order valence-corrected chi connectivity index (χ4v) is 20.0. The number of rotatable bonds is 54. The number of nitrogens with one attached hydrogen (secondary N) is 2. The van der Waals surface area contributed by atoms with E-state index in [9.17, 15) is 44.4 Å². The molecule has 7 heterocycles. The lowest BCUT2D eigenvalue weighted by molar-refractivity contribution is -0.141. The summed E-state index contributed by atoms with van der Waals surface area (Å²) in [6, 6.07) is 52.1. The minimum atomic E-state index is -1.72. The molecule has 6 aliphatic carbocycles. The lowest BCUT2D eigenvalue weighted by atomic mass is 9.85. The van der Waals surface area contributed by atoms with Gasteiger partial charge >= 0.3 is 17.9 Å². The van der Waals surface area contributed by atoms with Crippen LogP contribution in [0.15, 0.2) is 197 Å². The SMILES string of the molecule is COC(=O)CCCCSc1ccc(C)c(C=O)n1.COC(=O)CCCCSc1ccc(C)c(CNC2(Cc3cc(-c4ccccc4OC4CC4)ccn3)CC2)n1.Cc1ccc(SCCCCC(=O)N(C)C[C@H](O)[C@@H](O)[C@H](O)[C@H](O)CO)nc1CCC1(c2cnccc2-c2ccccc2OC2CC2)CC1.Cc1ccc(SCCCCC(=O)O)nc1CNC1(Cc2cc(-c3ccccc3OC3CC3)ccn2)CC1. The molecule has 6 saturated carbocycles. The summed E-state index contributed by atoms with van der Waals surface area (Å²) in [5.74, 6) is 5.17. The molecule has 0 unspecified atom stereocenters. The van der Waals surface area contributed by atoms with Crippen LogP contribution >= 0.6 is 47.0 Å². The first-order valence-electron chi connectivity index (χ1n) is 49.7. The molecule has 0 bridgehead atoms. The van der Waals surface area contributed by atoms with Gasteiger partial charge in [0.25, 0.3) is 0 Å². The second kappa shape index (κ2) is 53.9. The topological polar surface area (TPSA) is 370 Å². The van der Waals surface area contributed by atoms with E-state index >= 15 is 0 Å². The summed E-state index contributed by atoms with van der Waals surface area (Å²) >= 11 is 6.73. The molecule has 10 aromatic rings. The number of carbonyl (C=O) groups is 5. The number of unbranched alkanes of at least 4 members (excludes halogenated alkanes) is 4. The molecule has 6 aliphatic rings. The molecular formula is C111H138N10O16S4. The molecule has 0 radical (unpaired) electrons. The van der Waals surface area contributed by atoms with E-state index in [2.05, 4.69) is 167 Å². The largest absolute Gasteiger partial charge is 0.490 e. The van der Waals surface area contributed by atoms with Gasteiger partial charge in [0.15, 0.2) is 6.29 Å². The first kappa shape index (κ1) is 108. The highest BCUT2D eigenvalue weighted by Crippen LogP contribution is 2.55. The third-order valence-corrected chi connectivity index (χ3v) is 30.4. The van der Waals surface area contributed by atoms with Gasteiger partial charge in [-0.15, -0.1) is 47.0 Å². The average molecular weight is 2000 g/mol. The number of benzene rings is 3. The Hall–Kier alpha value is -10.2. The van der Waals surface area contributed by atoms with Crippen molar-refractivity contribution in [3.8, 4) is 50.6 Å². The second-order valence-electron chi connectivity index (χ2n) is 37.9. The van der Waals surface area contributed by atoms with Gasteiger partial charge in [0, 0.05) is 135 Å². The van der Waals surface area contributed by atoms with Crippen LogP contribution in [-0.4, -0.2) is 212 Å². The van der Waals surface area contributed by atoms with Crippen molar-refractivity contribution in [1.82, 2.24) is 50.4 Å². The van der Waals surface area contributed by atoms with E-state index in [4.69, 9.17) is 54.1 Å². The van der Waals surface area contributed by atoms with Gasteiger partial charge < -0.3 is 69.9 Å². The number of amides is 1. The van der Waals surface area contributed by atoms with Gasteiger partial charge in [0.1, 0.15) is 47.4 Å². The number of ether oxygens (including phenoxy) is 5. The Morgan fingerprint density at radius 3 is 1.32 bits per heavy atom. The summed E-state index contributed by atoms with van der Waals surface area (Å²) in [5.41, 5.74) is 18.9. The maximum atomic E-state index is 12.6. The quantitative estimate of drug-likeness (QED) is 0.00759. The van der Waals surface area contributed by atoms with Crippen LogP contribution in [0.3, 0.4) is 0 Å². The summed E-state index contributed by atoms with van der Waals surface area (Å²) in [5, 5.41) is 68.6. The van der Waals surface area contributed by atoms with Crippen LogP contribution in [-0.2, 0) is 66.4 Å². The van der Waals surface area contributed by atoms with Gasteiger partial charge in [0.05, 0.1) is 70.6 Å². The van der Waals surface area contributed by atoms with Crippen LogP contribution < -0.4 is 24.8 Å². The lowest BCUT2D eigenvalue weighted by Gasteiger charge is -2.28. The number of carbonyl (C=O) groups excluding carboxylic acids is 4. The molecular weight excluding hydrogens is 1860 g/mol. The van der Waals surface area contributed by atoms with Crippen LogP contribution in [0.2, 0.25) is 0 Å². The normalized spacial score (nSPS) is 15.7. The summed E-state index contributed by atoms with van der Waals surface area (Å²) in [7, 11) is 4.35. The molecule has 16 rings (SSSR count). The number of aliphatic carboxylic acids is 1. The number of pyridine rings is 7. The Bertz CT molecular complexity index is 5760. The van der Waals surface area contributed by atoms with Crippen molar-refractivity contribution >= 4 is 77.1 Å². The Morgan fingerprint density at radius 2 is 0.887 bits per heavy atom. The minimum Gasteiger partial charge on any atom is -0.490 e. The smallest absolute Gasteiger partial charge is 0.305 e. The summed E-state index contributed by atoms with van der Waals surface area (Å²) in [6.45, 7) is 8.74. The summed E-state index contributed by atoms with van der Waals surface area (Å²) < 4.78 is 27.9. The number of aryl methyl sites for hydroxylation is 5. The number of aliphatic hydroxyl groups excluding tert-OH is 5. The molecule has 752 valence electrons. The predicted molar refractivity (Wildman–Crippen MR) is 554 cm³/mol. The zero-order valence-corrected chi connectivity index (χ0v) is 85.6. The highest BCUT2D eigenvalue weighted by atomic mass is 32.2. The number of carboxylic acid groups (broad SMARTS) is 1. The third-order valence-electron chi connectivity index (χ3n) is 26.3. The van der Waals surface area contributed by atoms with Gasteiger partial charge in [-0.3, -0.25) is 38.9 Å². The van der Waals surface area contributed by atoms with Gasteiger partial charge in [-0.1, -0.05) is 78.9 Å². The fourth-order valence-electron chi connectivity index (χ4n) is 16.5. The number of likely N-dealkylation sites (N-methyl/N-ethyl adjacent to an activating group) is 1. The Labute approximate surface area is 846 Å². The second-order valence-corrected chi connectivity index (χ2v) is 42.3. The Balaban J connectivity index is 0.000000165. The van der Waals surface area contributed by atoms with E-state index in [0.717, 1.165) is 283 Å². The van der Waals surface area contributed by atoms with Crippen LogP contribution in [0.4, 0.5) is 0 Å². The number of aldehydes is 1. The molecule has 1 amide bonds. The number of methoxy groups -OCH3 is 2. The summed E-state index contributed by atoms with van der Waals surface area (Å²) in [6.07, 6.45) is 28.5. The molecule has 0 spiro atoms. The summed E-state index contributed by atoms with van der Waals surface area (Å²) in [4.78, 5) is 90.5. The van der Waals surface area contributed by atoms with Gasteiger partial charge in [-0.25, -0.2) is 19.9 Å². The molecule has 3 aromatic carbocycles. The van der Waals surface area contributed by atoms with Crippen molar-refractivity contribution in [3.63, 3.8) is 0 Å². The van der Waals surface area contributed by atoms with E-state index in [1.54, 1.807) is 47.0 Å². The van der Waals surface area contributed by atoms with Crippen LogP contribution in [0.25, 0.3) is 33.4 Å². The number of thioether (sulfide) groups is 4. The zero-order chi connectivity index (χ0) is 99.7. The van der Waals surface area contributed by atoms with E-state index < -0.39 is 37.0 Å². The van der Waals surface area contributed by atoms with Crippen LogP contribution in [0.1, 0.15) is 227 Å². The van der Waals surface area contributed by atoms with Gasteiger partial charge in [-0.2, -0.15) is 0 Å². The van der Waals surface area contributed by atoms with Crippen molar-refractivity contribution in [2.75, 3.05) is 57.4 Å². The van der Waals surface area contributed by atoms with Gasteiger partial charge in [0.2, 0.25) is 5.91 Å². The fraction of sp³-hybridized carbons (Fsp3) is 0.477. The minimum absolute atomic E-state index is 0.0732. The molecule has 0 aliphatic heterocycles. The van der Waals surface area contributed by atoms with E-state index in [1.807, 2.05) is 62.0 Å². The van der Waals surface area contributed by atoms with Crippen molar-refractivity contribution in [2.45, 2.75) is 300 Å². The molecule has 7 aromatic heterocycles. The number of carboxylic acids is 1. The Kier molecular flexibility index (Phi) is 41.3. The van der Waals surface area contributed by atoms with E-state index in [0.29, 0.717) is 49.7 Å². The van der Waals surface area contributed by atoms with E-state index in [-0.39, 0.29) is 53.7 Å². The van der Waals surface area contributed by atoms with Gasteiger partial charge in [-0.05, 0) is 315 Å². The highest BCUT2D eigenvalue weighted by Gasteiger charge is 2.47. The molecule has 0 saturated heterocycles. The number of aromatic nitrogens is 7. The number of esters is 2. The van der Waals surface area contributed by atoms with Crippen LogP contribution in [0.5, 0.6) is 17.2 Å². The number of aliphatic hydroxyl groups is 5. The van der Waals surface area contributed by atoms with E-state index in [1.165, 1.54) is 54.0 Å². The number of para-hydroxylation sites is 3. The predicted octanol–water partition coefficient (Wildman–Crippen LogP) is 19.0. The Morgan fingerprint density at radius 1 is 0.475 bits per heavy atom. The number of hydrogen-bond acceptors (Lipinski definition) is 28. The first-order chi connectivity index (χ1) is 68.3. The lowest BCUT2D eigenvalue weighted by Crippen LogP contribution is -2.49. The van der Waals surface area contributed by atoms with Crippen molar-refractivity contribution in [3.05, 3.63) is 238 Å². The molecule has 8 N–H and O–H groups in total. The highest BCUT2D eigenvalue weighted by molar-refractivity contribution is 7.99. The molecule has 26 nitrogen and oxygen atoms in total. The molecule has 4 atom stereocenters. The molecule has 141 heavy (non-hydrogen) atoms. The number of nitrogens with zero attached hydrogens (tertiary/aromatic N) is 8. The van der Waals surface area contributed by atoms with Crippen molar-refractivity contribution < 1.29 is 78.3 Å². The average Bonchev–Trinajstić information content (AvgIpc) is 1.59. The number of hydrogen-bond donors (Lipinski definition) is 8. The molecule has 6 fully saturated rings. The van der Waals surface area contributed by atoms with Crippen molar-refractivity contribution in [2.24, 2.45) is 0 Å². The first-order valence-corrected chi connectivity index (χ1v) is 53.6. The standard InChI is InChI=1S/C37H49N3O7S.C31H37N3O3S.C30H35N3O3S.C13H17NO3S/c1-24-10-13-33(48-20-6-5-9-34(44)40(2)22-30(42)35(45)36(46)31(43)23-41)39-29(24)14-16-37(17-18-37)28-21-38-19-15-26(28)27-7-3-4-8-32(27)47-25-11-12-25;1-22-10-13-29(38-18-6-5-9-30(35)36-2)34-27(22)21-33-31(15-16-31)20-24-19-23(14-17-32-24)26-7-3-4-8-28(26)37-25-11-12-25;1-21-9-12-28(37-17-5-4-8-29(34)35)33-26(21)20-32-30(14-15-30)19-23-18-22(13-16-31-23)25-6-2-3-7-27(25)36-24-10-11-24;1-10-6-7-12(14-11(10)9-15)18-8-4-3-5-13(16)17-2/h3-4,7-8,10,13,15,19,21,25,30-31,35-36,41-43,45-46H,5-6,9,11-12,14,16-18,20,22-23H2,1-2H3;3-4,7-8,10,13-14,17,19,25,33H,5-6,9,11-12,15-16,18,20-21H2,1-2H3;2-3,6-7,9,12-13,16,18,24,32H,4-5,8,10-11,14-15,17,19-20H2,1H3,(H,34,35);6-7,9H,3-5,8H2,1-2H3/t30-,31+,35+,36+;;;/m0.../s1. The molecule has 30 heteroatoms.